The second-order valence-corrected chi connectivity index (χ2v) is 8.15. The van der Waals surface area contributed by atoms with Crippen molar-refractivity contribution < 1.29 is 4.79 Å². The molecule has 164 valence electrons. The van der Waals surface area contributed by atoms with Crippen LogP contribution in [0.15, 0.2) is 84.9 Å². The molecule has 1 aromatic heterocycles. The molecule has 0 bridgehead atoms. The van der Waals surface area contributed by atoms with Gasteiger partial charge in [-0.05, 0) is 53.1 Å². The normalized spacial score (nSPS) is 15.0. The van der Waals surface area contributed by atoms with Gasteiger partial charge in [0, 0.05) is 5.69 Å². The van der Waals surface area contributed by atoms with E-state index in [1.54, 1.807) is 4.68 Å². The molecule has 3 aromatic carbocycles. The van der Waals surface area contributed by atoms with Crippen molar-refractivity contribution in [3.8, 4) is 0 Å². The number of hydrogen-bond acceptors (Lipinski definition) is 5. The SMILES string of the molecule is Cc1ccc(NC(=O)CN2C(c3ccccc3)=CC(c3ccccc3)n3nnnc32)c(C)c1. The Morgan fingerprint density at radius 3 is 2.42 bits per heavy atom. The van der Waals surface area contributed by atoms with Crippen LogP contribution >= 0.6 is 0 Å². The minimum Gasteiger partial charge on any atom is -0.324 e. The van der Waals surface area contributed by atoms with E-state index in [1.807, 2.05) is 79.4 Å². The summed E-state index contributed by atoms with van der Waals surface area (Å²) in [5.74, 6) is 0.387. The maximum atomic E-state index is 13.1. The predicted octanol–water partition coefficient (Wildman–Crippen LogP) is 4.38. The Kier molecular flexibility index (Phi) is 5.44. The molecule has 2 heterocycles. The first kappa shape index (κ1) is 20.6. The summed E-state index contributed by atoms with van der Waals surface area (Å²) in [6.45, 7) is 4.10. The highest BCUT2D eigenvalue weighted by atomic mass is 16.2. The van der Waals surface area contributed by atoms with Gasteiger partial charge in [0.1, 0.15) is 12.6 Å². The number of benzene rings is 3. The number of nitrogens with one attached hydrogen (secondary N) is 1. The van der Waals surface area contributed by atoms with Crippen LogP contribution < -0.4 is 10.2 Å². The molecule has 1 amide bonds. The Balaban J connectivity index is 1.52. The molecular weight excluding hydrogens is 412 g/mol. The summed E-state index contributed by atoms with van der Waals surface area (Å²) in [6.07, 6.45) is 2.11. The maximum Gasteiger partial charge on any atom is 0.251 e. The van der Waals surface area contributed by atoms with Crippen LogP contribution in [0.4, 0.5) is 11.6 Å². The van der Waals surface area contributed by atoms with E-state index < -0.39 is 0 Å². The zero-order valence-electron chi connectivity index (χ0n) is 18.5. The van der Waals surface area contributed by atoms with Crippen LogP contribution in [0.1, 0.15) is 28.3 Å². The van der Waals surface area contributed by atoms with Gasteiger partial charge in [-0.2, -0.15) is 4.68 Å². The highest BCUT2D eigenvalue weighted by Crippen LogP contribution is 2.36. The lowest BCUT2D eigenvalue weighted by molar-refractivity contribution is -0.114. The minimum atomic E-state index is -0.176. The molecule has 0 aliphatic carbocycles. The lowest BCUT2D eigenvalue weighted by Crippen LogP contribution is -2.37. The lowest BCUT2D eigenvalue weighted by atomic mass is 10.0. The number of rotatable bonds is 5. The first-order valence-corrected chi connectivity index (χ1v) is 10.8. The molecule has 0 radical (unpaired) electrons. The predicted molar refractivity (Wildman–Crippen MR) is 129 cm³/mol. The van der Waals surface area contributed by atoms with Crippen molar-refractivity contribution >= 4 is 23.2 Å². The van der Waals surface area contributed by atoms with Gasteiger partial charge in [-0.25, -0.2) is 0 Å². The van der Waals surface area contributed by atoms with Crippen molar-refractivity contribution in [1.82, 2.24) is 20.2 Å². The molecule has 0 fully saturated rings. The van der Waals surface area contributed by atoms with Gasteiger partial charge in [0.2, 0.25) is 5.91 Å². The average Bonchev–Trinajstić information content (AvgIpc) is 3.32. The average molecular weight is 437 g/mol. The molecule has 5 rings (SSSR count). The molecule has 1 N–H and O–H groups in total. The number of tetrazole rings is 1. The number of carbonyl (C=O) groups excluding carboxylic acids is 1. The van der Waals surface area contributed by atoms with Crippen LogP contribution in [0.2, 0.25) is 0 Å². The Morgan fingerprint density at radius 2 is 1.70 bits per heavy atom. The Bertz CT molecular complexity index is 1310. The third kappa shape index (κ3) is 4.13. The van der Waals surface area contributed by atoms with E-state index in [-0.39, 0.29) is 18.5 Å². The van der Waals surface area contributed by atoms with Crippen molar-refractivity contribution in [3.63, 3.8) is 0 Å². The van der Waals surface area contributed by atoms with Gasteiger partial charge in [-0.15, -0.1) is 0 Å². The summed E-state index contributed by atoms with van der Waals surface area (Å²) in [5.41, 5.74) is 5.93. The summed E-state index contributed by atoms with van der Waals surface area (Å²) in [5, 5.41) is 15.5. The van der Waals surface area contributed by atoms with Gasteiger partial charge in [0.05, 0.1) is 5.70 Å². The molecule has 0 saturated heterocycles. The van der Waals surface area contributed by atoms with E-state index in [4.69, 9.17) is 0 Å². The summed E-state index contributed by atoms with van der Waals surface area (Å²) in [7, 11) is 0. The minimum absolute atomic E-state index is 0.0793. The monoisotopic (exact) mass is 436 g/mol. The molecule has 1 aliphatic heterocycles. The van der Waals surface area contributed by atoms with Crippen molar-refractivity contribution in [2.24, 2.45) is 0 Å². The molecule has 1 unspecified atom stereocenters. The zero-order chi connectivity index (χ0) is 22.8. The van der Waals surface area contributed by atoms with Crippen molar-refractivity contribution in [1.29, 1.82) is 0 Å². The number of nitrogens with zero attached hydrogens (tertiary/aromatic N) is 5. The molecule has 7 nitrogen and oxygen atoms in total. The highest BCUT2D eigenvalue weighted by molar-refractivity contribution is 5.97. The Hall–Kier alpha value is -4.26. The first-order valence-electron chi connectivity index (χ1n) is 10.8. The Morgan fingerprint density at radius 1 is 0.970 bits per heavy atom. The fourth-order valence-electron chi connectivity index (χ4n) is 4.16. The topological polar surface area (TPSA) is 75.9 Å². The van der Waals surface area contributed by atoms with E-state index in [2.05, 4.69) is 45.1 Å². The van der Waals surface area contributed by atoms with Gasteiger partial charge >= 0.3 is 0 Å². The van der Waals surface area contributed by atoms with Gasteiger partial charge in [-0.1, -0.05) is 83.5 Å². The van der Waals surface area contributed by atoms with Crippen LogP contribution in [0.5, 0.6) is 0 Å². The summed E-state index contributed by atoms with van der Waals surface area (Å²) in [6, 6.07) is 25.9. The number of carbonyl (C=O) groups is 1. The number of hydrogen-bond donors (Lipinski definition) is 1. The second kappa shape index (κ2) is 8.70. The molecule has 7 heteroatoms. The van der Waals surface area contributed by atoms with Crippen molar-refractivity contribution in [2.75, 3.05) is 16.8 Å². The van der Waals surface area contributed by atoms with E-state index >= 15 is 0 Å². The quantitative estimate of drug-likeness (QED) is 0.503. The highest BCUT2D eigenvalue weighted by Gasteiger charge is 2.31. The van der Waals surface area contributed by atoms with Crippen LogP contribution in [0.25, 0.3) is 5.70 Å². The van der Waals surface area contributed by atoms with Crippen LogP contribution in [0.3, 0.4) is 0 Å². The fourth-order valence-corrected chi connectivity index (χ4v) is 4.16. The third-order valence-corrected chi connectivity index (χ3v) is 5.76. The van der Waals surface area contributed by atoms with Crippen molar-refractivity contribution in [2.45, 2.75) is 19.9 Å². The Labute approximate surface area is 192 Å². The number of fused-ring (bicyclic) bond motifs is 1. The van der Waals surface area contributed by atoms with Crippen LogP contribution in [-0.4, -0.2) is 32.7 Å². The van der Waals surface area contributed by atoms with Gasteiger partial charge in [0.15, 0.2) is 0 Å². The summed E-state index contributed by atoms with van der Waals surface area (Å²) in [4.78, 5) is 15.0. The molecule has 1 aliphatic rings. The standard InChI is InChI=1S/C26H24N6O/c1-18-13-14-22(19(2)15-18)27-25(33)17-31-23(20-9-5-3-6-10-20)16-24(21-11-7-4-8-12-21)32-26(31)28-29-30-32/h3-16,24H,17H2,1-2H3,(H,27,33). The first-order chi connectivity index (χ1) is 16.1. The molecular formula is C26H24N6O. The van der Waals surface area contributed by atoms with E-state index in [9.17, 15) is 4.79 Å². The number of amides is 1. The number of anilines is 2. The third-order valence-electron chi connectivity index (χ3n) is 5.76. The molecule has 33 heavy (non-hydrogen) atoms. The molecule has 1 atom stereocenters. The van der Waals surface area contributed by atoms with E-state index in [0.717, 1.165) is 33.6 Å². The van der Waals surface area contributed by atoms with Gasteiger partial charge in [0.25, 0.3) is 5.95 Å². The lowest BCUT2D eigenvalue weighted by Gasteiger charge is -2.32. The van der Waals surface area contributed by atoms with Crippen LogP contribution in [0, 0.1) is 13.8 Å². The molecule has 4 aromatic rings. The van der Waals surface area contributed by atoms with E-state index in [1.165, 1.54) is 0 Å². The van der Waals surface area contributed by atoms with Gasteiger partial charge < -0.3 is 5.32 Å². The van der Waals surface area contributed by atoms with E-state index in [0.29, 0.717) is 5.95 Å². The largest absolute Gasteiger partial charge is 0.324 e. The smallest absolute Gasteiger partial charge is 0.251 e. The van der Waals surface area contributed by atoms with Gasteiger partial charge in [-0.3, -0.25) is 9.69 Å². The van der Waals surface area contributed by atoms with Crippen LogP contribution in [-0.2, 0) is 4.79 Å². The fraction of sp³-hybridized carbons (Fsp3) is 0.154. The zero-order valence-corrected chi connectivity index (χ0v) is 18.5. The number of aromatic nitrogens is 4. The maximum absolute atomic E-state index is 13.1. The number of aryl methyl sites for hydroxylation is 2. The molecule has 0 saturated carbocycles. The molecule has 0 spiro atoms. The summed E-state index contributed by atoms with van der Waals surface area (Å²) >= 11 is 0. The second-order valence-electron chi connectivity index (χ2n) is 8.15. The number of allylic oxidation sites excluding steroid dienone is 1. The van der Waals surface area contributed by atoms with Crippen molar-refractivity contribution in [3.05, 3.63) is 107 Å². The summed E-state index contributed by atoms with van der Waals surface area (Å²) < 4.78 is 1.76.